The van der Waals surface area contributed by atoms with Crippen molar-refractivity contribution < 1.29 is 37.4 Å². The van der Waals surface area contributed by atoms with E-state index >= 15 is 0 Å². The van der Waals surface area contributed by atoms with Gasteiger partial charge in [-0.3, -0.25) is 14.6 Å². The summed E-state index contributed by atoms with van der Waals surface area (Å²) in [5.41, 5.74) is -0.221. The summed E-state index contributed by atoms with van der Waals surface area (Å²) in [4.78, 5) is 33.0. The predicted molar refractivity (Wildman–Crippen MR) is 113 cm³/mol. The topological polar surface area (TPSA) is 124 Å². The van der Waals surface area contributed by atoms with Crippen LogP contribution >= 0.6 is 0 Å². The molecule has 4 N–H and O–H groups in total. The maximum atomic E-state index is 13.2. The number of amides is 2. The first-order valence-electron chi connectivity index (χ1n) is 10.0. The van der Waals surface area contributed by atoms with Gasteiger partial charge in [0.05, 0.1) is 6.61 Å². The maximum Gasteiger partial charge on any atom is 0.405 e. The SMILES string of the molecule is CC(CO)NC(=O)c1nc(C(=O)NCC(F)(F)F)c2cc(Cc3ccc(F)cc3)cnc2c1O. The molecule has 2 amide bonds. The largest absolute Gasteiger partial charge is 0.504 e. The van der Waals surface area contributed by atoms with Crippen molar-refractivity contribution in [2.75, 3.05) is 13.2 Å². The highest BCUT2D eigenvalue weighted by molar-refractivity contribution is 6.09. The van der Waals surface area contributed by atoms with Crippen molar-refractivity contribution in [1.29, 1.82) is 0 Å². The number of aliphatic hydroxyl groups excluding tert-OH is 1. The number of aromatic nitrogens is 2. The molecule has 0 saturated heterocycles. The molecular weight excluding hydrogens is 460 g/mol. The second-order valence-corrected chi connectivity index (χ2v) is 7.56. The summed E-state index contributed by atoms with van der Waals surface area (Å²) in [6, 6.07) is 6.25. The summed E-state index contributed by atoms with van der Waals surface area (Å²) in [5.74, 6) is -3.30. The Morgan fingerprint density at radius 3 is 2.38 bits per heavy atom. The first kappa shape index (κ1) is 24.8. The van der Waals surface area contributed by atoms with E-state index in [0.717, 1.165) is 0 Å². The van der Waals surface area contributed by atoms with Gasteiger partial charge in [-0.1, -0.05) is 12.1 Å². The highest BCUT2D eigenvalue weighted by Gasteiger charge is 2.30. The molecule has 0 radical (unpaired) electrons. The molecule has 1 aromatic carbocycles. The number of nitrogens with zero attached hydrogens (tertiary/aromatic N) is 2. The van der Waals surface area contributed by atoms with Gasteiger partial charge in [0.2, 0.25) is 0 Å². The van der Waals surface area contributed by atoms with Crippen molar-refractivity contribution in [1.82, 2.24) is 20.6 Å². The molecule has 0 bridgehead atoms. The van der Waals surface area contributed by atoms with Crippen molar-refractivity contribution in [3.8, 4) is 5.75 Å². The van der Waals surface area contributed by atoms with E-state index in [1.165, 1.54) is 43.5 Å². The van der Waals surface area contributed by atoms with Gasteiger partial charge in [0, 0.05) is 17.6 Å². The van der Waals surface area contributed by atoms with Crippen LogP contribution in [0.25, 0.3) is 10.9 Å². The molecule has 1 unspecified atom stereocenters. The molecule has 0 spiro atoms. The van der Waals surface area contributed by atoms with E-state index in [4.69, 9.17) is 5.11 Å². The predicted octanol–water partition coefficient (Wildman–Crippen LogP) is 2.47. The monoisotopic (exact) mass is 480 g/mol. The highest BCUT2D eigenvalue weighted by Crippen LogP contribution is 2.29. The first-order chi connectivity index (χ1) is 16.0. The summed E-state index contributed by atoms with van der Waals surface area (Å²) in [6.07, 6.45) is -3.10. The van der Waals surface area contributed by atoms with E-state index < -0.39 is 60.1 Å². The van der Waals surface area contributed by atoms with Crippen molar-refractivity contribution >= 4 is 22.7 Å². The molecule has 0 saturated carbocycles. The minimum atomic E-state index is -4.69. The molecule has 0 aliphatic rings. The number of carbonyl (C=O) groups excluding carboxylic acids is 2. The highest BCUT2D eigenvalue weighted by atomic mass is 19.4. The van der Waals surface area contributed by atoms with Gasteiger partial charge in [0.15, 0.2) is 11.4 Å². The molecular formula is C22H20F4N4O4. The van der Waals surface area contributed by atoms with Gasteiger partial charge in [0.1, 0.15) is 23.6 Å². The van der Waals surface area contributed by atoms with E-state index in [2.05, 4.69) is 15.3 Å². The molecule has 1 atom stereocenters. The third-order valence-corrected chi connectivity index (χ3v) is 4.72. The van der Waals surface area contributed by atoms with Crippen LogP contribution in [0.5, 0.6) is 5.75 Å². The summed E-state index contributed by atoms with van der Waals surface area (Å²) in [6.45, 7) is -0.599. The van der Waals surface area contributed by atoms with Gasteiger partial charge < -0.3 is 20.8 Å². The molecule has 0 aliphatic heterocycles. The number of pyridine rings is 2. The van der Waals surface area contributed by atoms with Crippen molar-refractivity contribution in [2.24, 2.45) is 0 Å². The van der Waals surface area contributed by atoms with Gasteiger partial charge in [-0.15, -0.1) is 0 Å². The Morgan fingerprint density at radius 2 is 1.76 bits per heavy atom. The molecule has 34 heavy (non-hydrogen) atoms. The van der Waals surface area contributed by atoms with Crippen LogP contribution in [0.1, 0.15) is 39.0 Å². The van der Waals surface area contributed by atoms with Crippen LogP contribution in [0.15, 0.2) is 36.5 Å². The lowest BCUT2D eigenvalue weighted by atomic mass is 10.0. The lowest BCUT2D eigenvalue weighted by molar-refractivity contribution is -0.123. The molecule has 2 aromatic heterocycles. The molecule has 3 aromatic rings. The van der Waals surface area contributed by atoms with Crippen molar-refractivity contribution in [3.63, 3.8) is 0 Å². The Morgan fingerprint density at radius 1 is 1.09 bits per heavy atom. The maximum absolute atomic E-state index is 13.2. The van der Waals surface area contributed by atoms with Crippen molar-refractivity contribution in [2.45, 2.75) is 25.6 Å². The van der Waals surface area contributed by atoms with E-state index in [1.807, 2.05) is 0 Å². The third-order valence-electron chi connectivity index (χ3n) is 4.72. The number of aromatic hydroxyl groups is 1. The average Bonchev–Trinajstić information content (AvgIpc) is 2.78. The Balaban J connectivity index is 2.09. The van der Waals surface area contributed by atoms with Crippen molar-refractivity contribution in [3.05, 3.63) is 64.9 Å². The minimum Gasteiger partial charge on any atom is -0.504 e. The van der Waals surface area contributed by atoms with Crippen LogP contribution in [0.2, 0.25) is 0 Å². The summed E-state index contributed by atoms with van der Waals surface area (Å²) in [5, 5.41) is 23.7. The summed E-state index contributed by atoms with van der Waals surface area (Å²) in [7, 11) is 0. The molecule has 180 valence electrons. The zero-order valence-corrected chi connectivity index (χ0v) is 17.8. The van der Waals surface area contributed by atoms with Gasteiger partial charge in [-0.25, -0.2) is 9.37 Å². The van der Waals surface area contributed by atoms with Gasteiger partial charge in [-0.05, 0) is 42.7 Å². The number of hydrogen-bond acceptors (Lipinski definition) is 6. The molecule has 12 heteroatoms. The number of hydrogen-bond donors (Lipinski definition) is 4. The van der Waals surface area contributed by atoms with Crippen LogP contribution in [-0.2, 0) is 6.42 Å². The van der Waals surface area contributed by atoms with Crippen LogP contribution in [0.3, 0.4) is 0 Å². The van der Waals surface area contributed by atoms with E-state index in [-0.39, 0.29) is 17.3 Å². The first-order valence-corrected chi connectivity index (χ1v) is 10.0. The lowest BCUT2D eigenvalue weighted by Crippen LogP contribution is -2.37. The minimum absolute atomic E-state index is 0.0801. The molecule has 0 aliphatic carbocycles. The lowest BCUT2D eigenvalue weighted by Gasteiger charge is -2.15. The number of carbonyl (C=O) groups is 2. The number of fused-ring (bicyclic) bond motifs is 1. The van der Waals surface area contributed by atoms with E-state index in [1.54, 1.807) is 5.32 Å². The molecule has 2 heterocycles. The normalized spacial score (nSPS) is 12.4. The van der Waals surface area contributed by atoms with Gasteiger partial charge >= 0.3 is 6.18 Å². The zero-order valence-electron chi connectivity index (χ0n) is 17.8. The Kier molecular flexibility index (Phi) is 7.30. The quantitative estimate of drug-likeness (QED) is 0.385. The average molecular weight is 480 g/mol. The molecule has 3 rings (SSSR count). The van der Waals surface area contributed by atoms with E-state index in [9.17, 15) is 32.3 Å². The number of aliphatic hydroxyl groups is 1. The fourth-order valence-electron chi connectivity index (χ4n) is 3.08. The Labute approximate surface area is 190 Å². The zero-order chi connectivity index (χ0) is 25.0. The number of rotatable bonds is 7. The smallest absolute Gasteiger partial charge is 0.405 e. The molecule has 0 fully saturated rings. The fourth-order valence-corrected chi connectivity index (χ4v) is 3.08. The van der Waals surface area contributed by atoms with Crippen LogP contribution in [0.4, 0.5) is 17.6 Å². The number of nitrogens with one attached hydrogen (secondary N) is 2. The summed E-state index contributed by atoms with van der Waals surface area (Å²) >= 11 is 0. The van der Waals surface area contributed by atoms with Crippen LogP contribution < -0.4 is 10.6 Å². The molecule has 8 nitrogen and oxygen atoms in total. The van der Waals surface area contributed by atoms with Gasteiger partial charge in [-0.2, -0.15) is 13.2 Å². The number of benzene rings is 1. The fraction of sp³-hybridized carbons (Fsp3) is 0.273. The number of alkyl halides is 3. The summed E-state index contributed by atoms with van der Waals surface area (Å²) < 4.78 is 51.1. The second-order valence-electron chi connectivity index (χ2n) is 7.56. The van der Waals surface area contributed by atoms with E-state index in [0.29, 0.717) is 11.1 Å². The Bertz CT molecular complexity index is 1220. The van der Waals surface area contributed by atoms with Crippen LogP contribution in [0, 0.1) is 5.82 Å². The second kappa shape index (κ2) is 10.00. The Hall–Kier alpha value is -3.80. The van der Waals surface area contributed by atoms with Crippen LogP contribution in [-0.4, -0.2) is 57.4 Å². The van der Waals surface area contributed by atoms with Gasteiger partial charge in [0.25, 0.3) is 11.8 Å². The number of halogens is 4. The third kappa shape index (κ3) is 5.95. The standard InChI is InChI=1S/C22H20F4N4O4/c1-11(9-31)29-21(34)18-19(32)16-15(17(30-18)20(33)28-10-22(24,25)26)7-13(8-27-16)6-12-2-4-14(23)5-3-12/h2-5,7-8,11,31-32H,6,9-10H2,1H3,(H,28,33)(H,29,34).